The lowest BCUT2D eigenvalue weighted by Crippen LogP contribution is -2.72. The van der Waals surface area contributed by atoms with Gasteiger partial charge in [0.2, 0.25) is 0 Å². The van der Waals surface area contributed by atoms with E-state index >= 15 is 0 Å². The Hall–Kier alpha value is -1.21. The summed E-state index contributed by atoms with van der Waals surface area (Å²) in [6.45, 7) is 9.54. The molecule has 7 heteroatoms. The molecule has 0 aromatic carbocycles. The van der Waals surface area contributed by atoms with E-state index in [4.69, 9.17) is 16.3 Å². The molecule has 194 valence electrons. The van der Waals surface area contributed by atoms with Gasteiger partial charge in [-0.3, -0.25) is 4.79 Å². The molecule has 0 aromatic heterocycles. The fourth-order valence-electron chi connectivity index (χ4n) is 9.12. The first-order valence-electron chi connectivity index (χ1n) is 13.1. The number of carbonyl (C=O) groups is 2. The van der Waals surface area contributed by atoms with Crippen LogP contribution >= 0.6 is 11.6 Å². The molecule has 1 heterocycles. The molecular formula is C28H39ClO6. The summed E-state index contributed by atoms with van der Waals surface area (Å²) in [5.41, 5.74) is -2.67. The number of esters is 1. The van der Waals surface area contributed by atoms with Crippen molar-refractivity contribution >= 4 is 23.4 Å². The number of hydrogen-bond donors (Lipinski definition) is 3. The average Bonchev–Trinajstić information content (AvgIpc) is 3.16. The van der Waals surface area contributed by atoms with Crippen molar-refractivity contribution in [2.24, 2.45) is 34.5 Å². The number of allylic oxidation sites excluding steroid dienone is 1. The fraction of sp³-hybridized carbons (Fsp3) is 0.786. The molecule has 0 bridgehead atoms. The van der Waals surface area contributed by atoms with Crippen LogP contribution < -0.4 is 0 Å². The number of alkyl halides is 1. The first-order chi connectivity index (χ1) is 16.2. The molecule has 3 fully saturated rings. The summed E-state index contributed by atoms with van der Waals surface area (Å²) in [4.78, 5) is 25.7. The van der Waals surface area contributed by atoms with Crippen molar-refractivity contribution in [1.29, 1.82) is 0 Å². The van der Waals surface area contributed by atoms with Gasteiger partial charge in [-0.25, -0.2) is 4.79 Å². The molecule has 5 aliphatic rings. The van der Waals surface area contributed by atoms with Crippen molar-refractivity contribution in [3.8, 4) is 0 Å². The largest absolute Gasteiger partial charge is 0.456 e. The molecule has 0 spiro atoms. The molecule has 0 aromatic rings. The van der Waals surface area contributed by atoms with E-state index in [-0.39, 0.29) is 40.8 Å². The Labute approximate surface area is 212 Å². The molecular weight excluding hydrogens is 468 g/mol. The topological polar surface area (TPSA) is 104 Å². The maximum atomic E-state index is 13.3. The Morgan fingerprint density at radius 2 is 1.83 bits per heavy atom. The van der Waals surface area contributed by atoms with Crippen LogP contribution in [0.15, 0.2) is 23.3 Å². The number of carbonyl (C=O) groups excluding carboxylic acids is 2. The Bertz CT molecular complexity index is 1020. The van der Waals surface area contributed by atoms with Crippen LogP contribution in [0.5, 0.6) is 0 Å². The fourth-order valence-corrected chi connectivity index (χ4v) is 9.68. The summed E-state index contributed by atoms with van der Waals surface area (Å²) in [7, 11) is 0. The zero-order valence-corrected chi connectivity index (χ0v) is 22.1. The van der Waals surface area contributed by atoms with Gasteiger partial charge in [-0.1, -0.05) is 12.5 Å². The number of rotatable bonds is 2. The second kappa shape index (κ2) is 7.89. The lowest BCUT2D eigenvalue weighted by molar-refractivity contribution is -0.220. The second-order valence-electron chi connectivity index (χ2n) is 12.7. The van der Waals surface area contributed by atoms with Crippen molar-refractivity contribution < 1.29 is 29.6 Å². The van der Waals surface area contributed by atoms with Gasteiger partial charge >= 0.3 is 5.97 Å². The van der Waals surface area contributed by atoms with E-state index in [1.807, 2.05) is 13.8 Å². The van der Waals surface area contributed by atoms with Gasteiger partial charge in [0.25, 0.3) is 0 Å². The minimum Gasteiger partial charge on any atom is -0.456 e. The second-order valence-corrected chi connectivity index (χ2v) is 13.2. The number of ketones is 1. The van der Waals surface area contributed by atoms with Crippen LogP contribution in [0.2, 0.25) is 0 Å². The molecule has 0 amide bonds. The van der Waals surface area contributed by atoms with Gasteiger partial charge in [0.1, 0.15) is 23.4 Å². The third kappa shape index (κ3) is 3.12. The highest BCUT2D eigenvalue weighted by atomic mass is 35.5. The molecule has 11 atom stereocenters. The number of ether oxygens (including phenoxy) is 1. The highest BCUT2D eigenvalue weighted by Gasteiger charge is 2.71. The summed E-state index contributed by atoms with van der Waals surface area (Å²) in [5, 5.41) is 33.6. The highest BCUT2D eigenvalue weighted by molar-refractivity contribution is 6.22. The van der Waals surface area contributed by atoms with E-state index in [1.54, 1.807) is 13.8 Å². The van der Waals surface area contributed by atoms with Crippen molar-refractivity contribution in [2.45, 2.75) is 102 Å². The predicted molar refractivity (Wildman–Crippen MR) is 131 cm³/mol. The zero-order valence-electron chi connectivity index (χ0n) is 21.4. The Balaban J connectivity index is 1.47. The van der Waals surface area contributed by atoms with Crippen LogP contribution in [-0.4, -0.2) is 55.9 Å². The molecule has 0 saturated heterocycles. The highest BCUT2D eigenvalue weighted by Crippen LogP contribution is 2.69. The minimum atomic E-state index is -1.70. The van der Waals surface area contributed by atoms with Gasteiger partial charge in [-0.2, -0.15) is 0 Å². The van der Waals surface area contributed by atoms with Crippen LogP contribution in [-0.2, 0) is 14.3 Å². The zero-order chi connectivity index (χ0) is 25.7. The van der Waals surface area contributed by atoms with E-state index in [1.165, 1.54) is 12.2 Å². The molecule has 4 aliphatic carbocycles. The Morgan fingerprint density at radius 3 is 2.49 bits per heavy atom. The SMILES string of the molecule is CC1=C(C)C(=O)O[C@@H]([C@](C)(O)[C@H]2CC[C@H]3[C@@H]4C[C@H](Cl)[C@]5(O)[C@@H](O)C=CC(=O)[C@]5(C)[C@H]4CC[C@]23C)C1. The minimum absolute atomic E-state index is 0.0695. The predicted octanol–water partition coefficient (Wildman–Crippen LogP) is 3.70. The summed E-state index contributed by atoms with van der Waals surface area (Å²) in [6.07, 6.45) is 5.25. The summed E-state index contributed by atoms with van der Waals surface area (Å²) in [6, 6.07) is 0. The summed E-state index contributed by atoms with van der Waals surface area (Å²) >= 11 is 6.82. The van der Waals surface area contributed by atoms with Crippen molar-refractivity contribution in [3.63, 3.8) is 0 Å². The van der Waals surface area contributed by atoms with Gasteiger partial charge in [-0.15, -0.1) is 11.6 Å². The van der Waals surface area contributed by atoms with Crippen molar-refractivity contribution in [2.75, 3.05) is 0 Å². The van der Waals surface area contributed by atoms with E-state index < -0.39 is 34.2 Å². The third-order valence-corrected chi connectivity index (χ3v) is 11.9. The number of aliphatic hydroxyl groups excluding tert-OH is 1. The number of fused-ring (bicyclic) bond motifs is 5. The summed E-state index contributed by atoms with van der Waals surface area (Å²) in [5.74, 6) is -0.370. The summed E-state index contributed by atoms with van der Waals surface area (Å²) < 4.78 is 5.74. The maximum Gasteiger partial charge on any atom is 0.334 e. The normalized spacial score (nSPS) is 51.3. The first kappa shape index (κ1) is 25.4. The van der Waals surface area contributed by atoms with E-state index in [0.29, 0.717) is 24.8 Å². The molecule has 3 saturated carbocycles. The van der Waals surface area contributed by atoms with Gasteiger partial charge in [0, 0.05) is 12.0 Å². The van der Waals surface area contributed by atoms with Crippen LogP contribution in [0.25, 0.3) is 0 Å². The van der Waals surface area contributed by atoms with E-state index in [2.05, 4.69) is 6.92 Å². The number of aliphatic hydroxyl groups is 3. The molecule has 0 unspecified atom stereocenters. The molecule has 6 nitrogen and oxygen atoms in total. The van der Waals surface area contributed by atoms with Crippen LogP contribution in [0.4, 0.5) is 0 Å². The number of cyclic esters (lactones) is 1. The van der Waals surface area contributed by atoms with E-state index in [0.717, 1.165) is 24.8 Å². The maximum absolute atomic E-state index is 13.3. The third-order valence-electron chi connectivity index (χ3n) is 11.4. The smallest absolute Gasteiger partial charge is 0.334 e. The molecule has 1 aliphatic heterocycles. The van der Waals surface area contributed by atoms with Crippen molar-refractivity contribution in [1.82, 2.24) is 0 Å². The van der Waals surface area contributed by atoms with Crippen LogP contribution in [0, 0.1) is 34.5 Å². The molecule has 3 N–H and O–H groups in total. The molecule has 5 rings (SSSR count). The Kier molecular flexibility index (Phi) is 5.74. The number of hydrogen-bond acceptors (Lipinski definition) is 6. The first-order valence-corrected chi connectivity index (χ1v) is 13.5. The van der Waals surface area contributed by atoms with E-state index in [9.17, 15) is 24.9 Å². The van der Waals surface area contributed by atoms with Gasteiger partial charge in [-0.05, 0) is 101 Å². The average molecular weight is 507 g/mol. The van der Waals surface area contributed by atoms with Crippen LogP contribution in [0.1, 0.15) is 73.1 Å². The van der Waals surface area contributed by atoms with Gasteiger partial charge < -0.3 is 20.1 Å². The number of halogens is 1. The van der Waals surface area contributed by atoms with Gasteiger partial charge in [0.05, 0.1) is 10.8 Å². The molecule has 0 radical (unpaired) electrons. The quantitative estimate of drug-likeness (QED) is 0.390. The van der Waals surface area contributed by atoms with Gasteiger partial charge in [0.15, 0.2) is 5.78 Å². The standard InChI is InChI=1S/C28H39ClO6/c1-14-12-23(35-24(32)15(14)2)27(5,33)19-7-6-17-16-13-20(29)28(34)22(31)9-8-21(30)26(28,4)18(16)10-11-25(17,19)3/h8-9,16-20,22-23,31,33-34H,6-7,10-13H2,1-5H3/t16-,17-,18-,19-,20-,22-,23+,25-,26-,27+,28-/m0/s1. The van der Waals surface area contributed by atoms with Crippen molar-refractivity contribution in [3.05, 3.63) is 23.3 Å². The Morgan fingerprint density at radius 1 is 1.14 bits per heavy atom. The monoisotopic (exact) mass is 506 g/mol. The lowest BCUT2D eigenvalue weighted by Gasteiger charge is -2.64. The molecule has 35 heavy (non-hydrogen) atoms. The van der Waals surface area contributed by atoms with Crippen LogP contribution in [0.3, 0.4) is 0 Å². The lowest BCUT2D eigenvalue weighted by atomic mass is 9.43.